The average molecular weight is 644 g/mol. The van der Waals surface area contributed by atoms with Crippen molar-refractivity contribution < 1.29 is 4.74 Å². The number of rotatable bonds is 3. The van der Waals surface area contributed by atoms with Gasteiger partial charge in [0.15, 0.2) is 11.5 Å². The summed E-state index contributed by atoms with van der Waals surface area (Å²) in [5.74, 6) is 1.48. The molecule has 0 N–H and O–H groups in total. The minimum Gasteiger partial charge on any atom is -0.453 e. The van der Waals surface area contributed by atoms with E-state index in [2.05, 4.69) is 126 Å². The van der Waals surface area contributed by atoms with Gasteiger partial charge in [-0.05, 0) is 96.1 Å². The minimum absolute atomic E-state index is 0.739. The van der Waals surface area contributed by atoms with Crippen LogP contribution in [0.5, 0.6) is 11.5 Å². The van der Waals surface area contributed by atoms with Gasteiger partial charge in [0.05, 0.1) is 56.2 Å². The van der Waals surface area contributed by atoms with Gasteiger partial charge in [-0.1, -0.05) is 78.9 Å². The highest BCUT2D eigenvalue weighted by atomic mass is 16.5. The van der Waals surface area contributed by atoms with E-state index in [4.69, 9.17) is 24.7 Å². The Hall–Kier alpha value is -6.66. The Morgan fingerprint density at radius 2 is 0.820 bits per heavy atom. The third-order valence-electron chi connectivity index (χ3n) is 9.59. The van der Waals surface area contributed by atoms with Gasteiger partial charge in [0, 0.05) is 16.8 Å². The van der Waals surface area contributed by atoms with Crippen molar-refractivity contribution in [1.29, 1.82) is 0 Å². The Bertz CT molecular complexity index is 2660. The molecule has 0 spiro atoms. The lowest BCUT2D eigenvalue weighted by molar-refractivity contribution is 0.477. The molecule has 10 rings (SSSR count). The van der Waals surface area contributed by atoms with Crippen molar-refractivity contribution >= 4 is 60.7 Å². The molecule has 6 heteroatoms. The van der Waals surface area contributed by atoms with Gasteiger partial charge >= 0.3 is 0 Å². The first-order valence-corrected chi connectivity index (χ1v) is 16.7. The second-order valence-corrected chi connectivity index (χ2v) is 12.8. The first kappa shape index (κ1) is 28.4. The first-order valence-electron chi connectivity index (χ1n) is 16.7. The smallest absolute Gasteiger partial charge is 0.152 e. The summed E-state index contributed by atoms with van der Waals surface area (Å²) in [5.41, 5.74) is 11.7. The third kappa shape index (κ3) is 4.57. The van der Waals surface area contributed by atoms with Gasteiger partial charge in [0.1, 0.15) is 0 Å². The number of benzene rings is 7. The van der Waals surface area contributed by atoms with E-state index in [0.717, 1.165) is 106 Å². The number of nitrogens with zero attached hydrogens (tertiary/aromatic N) is 5. The predicted octanol–water partition coefficient (Wildman–Crippen LogP) is 11.4. The van der Waals surface area contributed by atoms with Crippen molar-refractivity contribution in [3.8, 4) is 34.0 Å². The van der Waals surface area contributed by atoms with E-state index in [-0.39, 0.29) is 0 Å². The second kappa shape index (κ2) is 10.9. The summed E-state index contributed by atoms with van der Waals surface area (Å²) in [6.07, 6.45) is 0. The summed E-state index contributed by atoms with van der Waals surface area (Å²) in [6.45, 7) is 4.04. The Kier molecular flexibility index (Phi) is 6.20. The summed E-state index contributed by atoms with van der Waals surface area (Å²) in [7, 11) is 0. The number of anilines is 3. The number of ether oxygens (including phenoxy) is 1. The molecule has 0 amide bonds. The molecule has 1 aliphatic heterocycles. The van der Waals surface area contributed by atoms with Crippen LogP contribution >= 0.6 is 0 Å². The number of para-hydroxylation sites is 1. The summed E-state index contributed by atoms with van der Waals surface area (Å²) in [5, 5.41) is 4.59. The molecule has 0 bridgehead atoms. The number of hydrogen-bond donors (Lipinski definition) is 0. The van der Waals surface area contributed by atoms with Crippen molar-refractivity contribution in [3.63, 3.8) is 0 Å². The summed E-state index contributed by atoms with van der Waals surface area (Å²) in [6, 6.07) is 48.1. The maximum atomic E-state index is 6.79. The van der Waals surface area contributed by atoms with Crippen LogP contribution in [0.15, 0.2) is 140 Å². The topological polar surface area (TPSA) is 64.0 Å². The van der Waals surface area contributed by atoms with E-state index >= 15 is 0 Å². The molecule has 0 aliphatic carbocycles. The number of fused-ring (bicyclic) bond motifs is 6. The molecular weight excluding hydrogens is 615 g/mol. The summed E-state index contributed by atoms with van der Waals surface area (Å²) >= 11 is 0. The highest BCUT2D eigenvalue weighted by Crippen LogP contribution is 2.52. The number of aryl methyl sites for hydroxylation is 2. The molecule has 1 aliphatic rings. The largest absolute Gasteiger partial charge is 0.453 e. The lowest BCUT2D eigenvalue weighted by Gasteiger charge is -2.33. The monoisotopic (exact) mass is 643 g/mol. The highest BCUT2D eigenvalue weighted by molar-refractivity contribution is 5.97. The average Bonchev–Trinajstić information content (AvgIpc) is 3.14. The lowest BCUT2D eigenvalue weighted by atomic mass is 10.0. The van der Waals surface area contributed by atoms with Gasteiger partial charge in [-0.3, -0.25) is 0 Å². The number of hydrogen-bond acceptors (Lipinski definition) is 6. The zero-order chi connectivity index (χ0) is 33.3. The Morgan fingerprint density at radius 3 is 1.26 bits per heavy atom. The summed E-state index contributed by atoms with van der Waals surface area (Å²) in [4.78, 5) is 22.5. The van der Waals surface area contributed by atoms with Crippen LogP contribution in [0.1, 0.15) is 11.4 Å². The van der Waals surface area contributed by atoms with Gasteiger partial charge in [-0.25, -0.2) is 19.9 Å². The van der Waals surface area contributed by atoms with Crippen LogP contribution in [0.25, 0.3) is 66.1 Å². The number of aromatic nitrogens is 4. The molecule has 2 aromatic heterocycles. The third-order valence-corrected chi connectivity index (χ3v) is 9.59. The highest BCUT2D eigenvalue weighted by Gasteiger charge is 2.27. The van der Waals surface area contributed by atoms with E-state index < -0.39 is 0 Å². The van der Waals surface area contributed by atoms with Crippen molar-refractivity contribution in [2.45, 2.75) is 13.8 Å². The SMILES string of the molecule is Cc1nc2cc3ccccc3cc2nc1-c1ccc2c(c1)Oc1cc(-c3nc4cc5ccccc5cc4nc3C)ccc1N2c1ccccc1. The van der Waals surface area contributed by atoms with Crippen molar-refractivity contribution in [1.82, 2.24) is 19.9 Å². The zero-order valence-corrected chi connectivity index (χ0v) is 27.4. The quantitative estimate of drug-likeness (QED) is 0.179. The molecule has 0 fully saturated rings. The van der Waals surface area contributed by atoms with E-state index in [9.17, 15) is 0 Å². The zero-order valence-electron chi connectivity index (χ0n) is 27.4. The van der Waals surface area contributed by atoms with Gasteiger partial charge in [0.2, 0.25) is 0 Å². The maximum Gasteiger partial charge on any atom is 0.152 e. The van der Waals surface area contributed by atoms with Gasteiger partial charge in [-0.2, -0.15) is 0 Å². The van der Waals surface area contributed by atoms with Crippen LogP contribution in [-0.2, 0) is 0 Å². The fourth-order valence-corrected chi connectivity index (χ4v) is 7.17. The molecule has 3 heterocycles. The summed E-state index contributed by atoms with van der Waals surface area (Å²) < 4.78 is 6.79. The molecule has 0 saturated heterocycles. The standard InChI is InChI=1S/C44H29N5O/c1-26-43(47-37-22-30-12-8-6-10-28(30)20-35(37)45-26)32-16-18-39-41(24-32)50-42-25-33(17-19-40(42)49(39)34-14-4-3-5-15-34)44-27(2)46-36-21-29-11-7-9-13-31(29)23-38(36)48-44/h3-25H,1-2H3. The predicted molar refractivity (Wildman–Crippen MR) is 203 cm³/mol. The normalized spacial score (nSPS) is 12.3. The molecule has 0 unspecified atom stereocenters. The van der Waals surface area contributed by atoms with Crippen LogP contribution in [-0.4, -0.2) is 19.9 Å². The molecule has 0 radical (unpaired) electrons. The molecule has 236 valence electrons. The van der Waals surface area contributed by atoms with Gasteiger partial charge < -0.3 is 9.64 Å². The van der Waals surface area contributed by atoms with E-state index in [0.29, 0.717) is 0 Å². The lowest BCUT2D eigenvalue weighted by Crippen LogP contribution is -2.16. The Balaban J connectivity index is 1.10. The van der Waals surface area contributed by atoms with Crippen molar-refractivity contribution in [3.05, 3.63) is 151 Å². The van der Waals surface area contributed by atoms with E-state index in [1.54, 1.807) is 0 Å². The molecule has 7 aromatic carbocycles. The van der Waals surface area contributed by atoms with Crippen molar-refractivity contribution in [2.75, 3.05) is 4.90 Å². The van der Waals surface area contributed by atoms with Crippen LogP contribution in [0.3, 0.4) is 0 Å². The maximum absolute atomic E-state index is 6.79. The van der Waals surface area contributed by atoms with Crippen molar-refractivity contribution in [2.24, 2.45) is 0 Å². The molecule has 0 saturated carbocycles. The Labute approximate surface area is 288 Å². The van der Waals surface area contributed by atoms with Crippen LogP contribution in [0.4, 0.5) is 17.1 Å². The van der Waals surface area contributed by atoms with Gasteiger partial charge in [-0.15, -0.1) is 0 Å². The Morgan fingerprint density at radius 1 is 0.420 bits per heavy atom. The van der Waals surface area contributed by atoms with E-state index in [1.807, 2.05) is 32.0 Å². The molecular formula is C44H29N5O. The fraction of sp³-hybridized carbons (Fsp3) is 0.0455. The van der Waals surface area contributed by atoms with Gasteiger partial charge in [0.25, 0.3) is 0 Å². The van der Waals surface area contributed by atoms with Crippen LogP contribution in [0.2, 0.25) is 0 Å². The first-order chi connectivity index (χ1) is 24.6. The molecule has 0 atom stereocenters. The minimum atomic E-state index is 0.739. The van der Waals surface area contributed by atoms with E-state index in [1.165, 1.54) is 0 Å². The fourth-order valence-electron chi connectivity index (χ4n) is 7.17. The molecule has 6 nitrogen and oxygen atoms in total. The van der Waals surface area contributed by atoms with Crippen LogP contribution in [0, 0.1) is 13.8 Å². The molecule has 9 aromatic rings. The van der Waals surface area contributed by atoms with Crippen LogP contribution < -0.4 is 9.64 Å². The second-order valence-electron chi connectivity index (χ2n) is 12.8. The molecule has 50 heavy (non-hydrogen) atoms.